The molecule has 0 N–H and O–H groups in total. The lowest BCUT2D eigenvalue weighted by Crippen LogP contribution is -2.04. The third-order valence-corrected chi connectivity index (χ3v) is 3.43. The van der Waals surface area contributed by atoms with Gasteiger partial charge >= 0.3 is 0 Å². The van der Waals surface area contributed by atoms with Crippen LogP contribution in [-0.4, -0.2) is 5.78 Å². The number of carbonyl (C=O) groups is 1. The van der Waals surface area contributed by atoms with Crippen LogP contribution < -0.4 is 0 Å². The lowest BCUT2D eigenvalue weighted by Gasteiger charge is -2.01. The van der Waals surface area contributed by atoms with Gasteiger partial charge in [0.1, 0.15) is 11.6 Å². The molecule has 3 aromatic rings. The van der Waals surface area contributed by atoms with Crippen molar-refractivity contribution in [3.05, 3.63) is 70.4 Å². The van der Waals surface area contributed by atoms with E-state index in [2.05, 4.69) is 0 Å². The molecule has 0 amide bonds. The van der Waals surface area contributed by atoms with Gasteiger partial charge in [-0.25, -0.2) is 8.78 Å². The van der Waals surface area contributed by atoms with Crippen LogP contribution in [0.25, 0.3) is 11.0 Å². The summed E-state index contributed by atoms with van der Waals surface area (Å²) in [7, 11) is 0. The average Bonchev–Trinajstić information content (AvgIpc) is 2.87. The molecule has 2 aromatic carbocycles. The molecule has 5 heteroatoms. The summed E-state index contributed by atoms with van der Waals surface area (Å²) in [6.45, 7) is 0. The molecule has 21 heavy (non-hydrogen) atoms. The molecular formula is C16H9ClF2O2. The molecule has 1 heterocycles. The highest BCUT2D eigenvalue weighted by Crippen LogP contribution is 2.27. The Balaban J connectivity index is 1.92. The van der Waals surface area contributed by atoms with Crippen molar-refractivity contribution in [3.8, 4) is 0 Å². The van der Waals surface area contributed by atoms with Crippen LogP contribution in [0.1, 0.15) is 16.1 Å². The highest BCUT2D eigenvalue weighted by Gasteiger charge is 2.16. The number of rotatable bonds is 3. The van der Waals surface area contributed by atoms with Crippen molar-refractivity contribution in [2.24, 2.45) is 0 Å². The highest BCUT2D eigenvalue weighted by molar-refractivity contribution is 6.34. The Hall–Kier alpha value is -2.20. The van der Waals surface area contributed by atoms with Crippen LogP contribution in [0.4, 0.5) is 8.78 Å². The quantitative estimate of drug-likeness (QED) is 0.651. The number of carbonyl (C=O) groups excluding carboxylic acids is 1. The van der Waals surface area contributed by atoms with Crippen LogP contribution in [0.5, 0.6) is 0 Å². The Labute approximate surface area is 123 Å². The van der Waals surface area contributed by atoms with Crippen LogP contribution in [0.2, 0.25) is 5.02 Å². The zero-order valence-electron chi connectivity index (χ0n) is 10.7. The molecular weight excluding hydrogens is 298 g/mol. The number of Topliss-reactive ketones (excluding diaryl/α,β-unsaturated/α-hetero) is 1. The predicted molar refractivity (Wildman–Crippen MR) is 75.6 cm³/mol. The van der Waals surface area contributed by atoms with E-state index in [0.717, 1.165) is 12.1 Å². The number of fused-ring (bicyclic) bond motifs is 1. The van der Waals surface area contributed by atoms with Gasteiger partial charge in [-0.15, -0.1) is 0 Å². The van der Waals surface area contributed by atoms with Gasteiger partial charge < -0.3 is 4.42 Å². The normalized spacial score (nSPS) is 11.0. The number of halogens is 3. The van der Waals surface area contributed by atoms with Gasteiger partial charge in [0.2, 0.25) is 5.78 Å². The minimum atomic E-state index is -0.752. The molecule has 1 aromatic heterocycles. The fourth-order valence-corrected chi connectivity index (χ4v) is 2.31. The summed E-state index contributed by atoms with van der Waals surface area (Å²) in [4.78, 5) is 12.1. The Bertz CT molecular complexity index is 839. The van der Waals surface area contributed by atoms with Crippen molar-refractivity contribution in [2.45, 2.75) is 6.42 Å². The monoisotopic (exact) mass is 306 g/mol. The highest BCUT2D eigenvalue weighted by atomic mass is 35.5. The van der Waals surface area contributed by atoms with Crippen LogP contribution in [-0.2, 0) is 6.42 Å². The molecule has 0 fully saturated rings. The van der Waals surface area contributed by atoms with E-state index in [1.165, 1.54) is 6.07 Å². The number of hydrogen-bond acceptors (Lipinski definition) is 2. The molecule has 0 bridgehead atoms. The van der Waals surface area contributed by atoms with Gasteiger partial charge in [0.25, 0.3) is 0 Å². The maximum absolute atomic E-state index is 13.6. The van der Waals surface area contributed by atoms with E-state index in [1.807, 2.05) is 0 Å². The second-order valence-electron chi connectivity index (χ2n) is 4.60. The summed E-state index contributed by atoms with van der Waals surface area (Å²) in [6, 6.07) is 9.83. The van der Waals surface area contributed by atoms with Crippen LogP contribution in [0.15, 0.2) is 46.9 Å². The molecule has 0 unspecified atom stereocenters. The second kappa shape index (κ2) is 5.30. The van der Waals surface area contributed by atoms with Crippen molar-refractivity contribution >= 4 is 28.4 Å². The van der Waals surface area contributed by atoms with Crippen molar-refractivity contribution in [1.82, 2.24) is 0 Å². The maximum atomic E-state index is 13.6. The smallest absolute Gasteiger partial charge is 0.202 e. The summed E-state index contributed by atoms with van der Waals surface area (Å²) in [6.07, 6.45) is -0.205. The maximum Gasteiger partial charge on any atom is 0.202 e. The van der Waals surface area contributed by atoms with Gasteiger partial charge in [0, 0.05) is 17.9 Å². The van der Waals surface area contributed by atoms with Crippen LogP contribution >= 0.6 is 11.6 Å². The van der Waals surface area contributed by atoms with E-state index < -0.39 is 17.4 Å². The molecule has 0 atom stereocenters. The molecule has 0 radical (unpaired) electrons. The van der Waals surface area contributed by atoms with E-state index in [-0.39, 0.29) is 17.7 Å². The van der Waals surface area contributed by atoms with Gasteiger partial charge in [-0.1, -0.05) is 29.8 Å². The molecule has 0 aliphatic heterocycles. The molecule has 3 rings (SSSR count). The lowest BCUT2D eigenvalue weighted by molar-refractivity contribution is 0.0967. The van der Waals surface area contributed by atoms with E-state index in [1.54, 1.807) is 24.3 Å². The standard InChI is InChI=1S/C16H9ClF2O2/c17-12-3-1-2-10-7-15(21-16(10)12)14(20)6-9-4-5-11(18)8-13(9)19/h1-5,7-8H,6H2. The van der Waals surface area contributed by atoms with Gasteiger partial charge in [-0.05, 0) is 23.8 Å². The summed E-state index contributed by atoms with van der Waals surface area (Å²) in [5.41, 5.74) is 0.537. The van der Waals surface area contributed by atoms with E-state index in [4.69, 9.17) is 16.0 Å². The first kappa shape index (κ1) is 13.8. The van der Waals surface area contributed by atoms with Crippen LogP contribution in [0.3, 0.4) is 0 Å². The summed E-state index contributed by atoms with van der Waals surface area (Å²) in [5.74, 6) is -1.73. The van der Waals surface area contributed by atoms with Crippen molar-refractivity contribution in [1.29, 1.82) is 0 Å². The Morgan fingerprint density at radius 2 is 1.95 bits per heavy atom. The van der Waals surface area contributed by atoms with Crippen molar-refractivity contribution in [3.63, 3.8) is 0 Å². The van der Waals surface area contributed by atoms with Gasteiger partial charge in [0.15, 0.2) is 11.3 Å². The molecule has 0 saturated carbocycles. The second-order valence-corrected chi connectivity index (χ2v) is 5.01. The SMILES string of the molecule is O=C(Cc1ccc(F)cc1F)c1cc2cccc(Cl)c2o1. The van der Waals surface area contributed by atoms with Gasteiger partial charge in [-0.2, -0.15) is 0 Å². The molecule has 0 saturated heterocycles. The topological polar surface area (TPSA) is 30.2 Å². The first-order valence-electron chi connectivity index (χ1n) is 6.20. The number of ketones is 1. The third-order valence-electron chi connectivity index (χ3n) is 3.14. The fourth-order valence-electron chi connectivity index (χ4n) is 2.09. The lowest BCUT2D eigenvalue weighted by atomic mass is 10.1. The largest absolute Gasteiger partial charge is 0.451 e. The Kier molecular flexibility index (Phi) is 3.47. The zero-order valence-corrected chi connectivity index (χ0v) is 11.5. The minimum Gasteiger partial charge on any atom is -0.451 e. The minimum absolute atomic E-state index is 0.0989. The van der Waals surface area contributed by atoms with E-state index >= 15 is 0 Å². The Morgan fingerprint density at radius 3 is 2.67 bits per heavy atom. The first-order valence-corrected chi connectivity index (χ1v) is 6.57. The summed E-state index contributed by atoms with van der Waals surface area (Å²) in [5, 5.41) is 1.10. The average molecular weight is 307 g/mol. The van der Waals surface area contributed by atoms with Gasteiger partial charge in [-0.3, -0.25) is 4.79 Å². The molecule has 106 valence electrons. The number of hydrogen-bond donors (Lipinski definition) is 0. The van der Waals surface area contributed by atoms with E-state index in [9.17, 15) is 13.6 Å². The van der Waals surface area contributed by atoms with Crippen molar-refractivity contribution in [2.75, 3.05) is 0 Å². The van der Waals surface area contributed by atoms with Gasteiger partial charge in [0.05, 0.1) is 5.02 Å². The molecule has 0 aliphatic carbocycles. The van der Waals surface area contributed by atoms with E-state index in [0.29, 0.717) is 16.0 Å². The summed E-state index contributed by atoms with van der Waals surface area (Å²) < 4.78 is 31.8. The number of benzene rings is 2. The molecule has 0 aliphatic rings. The predicted octanol–water partition coefficient (Wildman–Crippen LogP) is 4.79. The Morgan fingerprint density at radius 1 is 1.14 bits per heavy atom. The summed E-state index contributed by atoms with van der Waals surface area (Å²) >= 11 is 5.97. The number of furan rings is 1. The first-order chi connectivity index (χ1) is 10.0. The molecule has 2 nitrogen and oxygen atoms in total. The number of para-hydroxylation sites is 1. The molecule has 0 spiro atoms. The van der Waals surface area contributed by atoms with Crippen molar-refractivity contribution < 1.29 is 18.0 Å². The zero-order chi connectivity index (χ0) is 15.0. The fraction of sp³-hybridized carbons (Fsp3) is 0.0625. The third kappa shape index (κ3) is 2.67. The van der Waals surface area contributed by atoms with Crippen LogP contribution in [0, 0.1) is 11.6 Å².